The van der Waals surface area contributed by atoms with Crippen LogP contribution in [0.4, 0.5) is 10.1 Å². The number of ether oxygens (including phenoxy) is 1. The largest absolute Gasteiger partial charge is 0.454 e. The van der Waals surface area contributed by atoms with Gasteiger partial charge in [0.25, 0.3) is 11.8 Å². The van der Waals surface area contributed by atoms with E-state index in [1.807, 2.05) is 6.07 Å². The summed E-state index contributed by atoms with van der Waals surface area (Å²) < 4.78 is 18.0. The van der Waals surface area contributed by atoms with E-state index in [0.717, 1.165) is 12.1 Å². The number of nitriles is 1. The van der Waals surface area contributed by atoms with Crippen LogP contribution in [0.1, 0.15) is 29.8 Å². The fourth-order valence-corrected chi connectivity index (χ4v) is 2.38. The van der Waals surface area contributed by atoms with Gasteiger partial charge in [-0.15, -0.1) is 0 Å². The summed E-state index contributed by atoms with van der Waals surface area (Å²) in [7, 11) is 0. The summed E-state index contributed by atoms with van der Waals surface area (Å²) in [5.74, 6) is -2.65. The van der Waals surface area contributed by atoms with Gasteiger partial charge in [0.05, 0.1) is 11.6 Å². The van der Waals surface area contributed by atoms with Crippen LogP contribution in [0.3, 0.4) is 0 Å². The Bertz CT molecular complexity index is 918. The average Bonchev–Trinajstić information content (AvgIpc) is 2.71. The van der Waals surface area contributed by atoms with Gasteiger partial charge in [0.2, 0.25) is 0 Å². The Kier molecular flexibility index (Phi) is 7.43. The van der Waals surface area contributed by atoms with E-state index in [4.69, 9.17) is 10.00 Å². The number of carbonyl (C=O) groups excluding carboxylic acids is 3. The minimum atomic E-state index is -0.977. The van der Waals surface area contributed by atoms with Crippen LogP contribution in [-0.4, -0.2) is 30.4 Å². The van der Waals surface area contributed by atoms with Crippen molar-refractivity contribution in [1.82, 2.24) is 5.32 Å². The van der Waals surface area contributed by atoms with E-state index >= 15 is 0 Å². The summed E-state index contributed by atoms with van der Waals surface area (Å²) in [6, 6.07) is 12.1. The number of nitrogens with one attached hydrogen (secondary N) is 2. The minimum absolute atomic E-state index is 0.198. The van der Waals surface area contributed by atoms with E-state index in [-0.39, 0.29) is 11.5 Å². The van der Waals surface area contributed by atoms with Crippen molar-refractivity contribution >= 4 is 23.5 Å². The lowest BCUT2D eigenvalue weighted by Gasteiger charge is -2.20. The molecule has 0 fully saturated rings. The maximum atomic E-state index is 13.0. The van der Waals surface area contributed by atoms with Gasteiger partial charge in [-0.05, 0) is 54.4 Å². The van der Waals surface area contributed by atoms with E-state index in [1.54, 1.807) is 38.1 Å². The van der Waals surface area contributed by atoms with Crippen LogP contribution in [0, 0.1) is 23.1 Å². The van der Waals surface area contributed by atoms with Gasteiger partial charge in [0.15, 0.2) is 6.61 Å². The zero-order valence-electron chi connectivity index (χ0n) is 15.9. The molecule has 0 saturated heterocycles. The standard InChI is InChI=1S/C21H20FN3O4/c1-13(2)19(25-20(27)15-5-7-16(22)8-6-15)21(28)29-12-18(26)24-17-9-3-14(11-23)4-10-17/h3-10,13,19H,12H2,1-2H3,(H,24,26)(H,25,27)/t19-/m1/s1. The second-order valence-corrected chi connectivity index (χ2v) is 6.55. The molecule has 150 valence electrons. The summed E-state index contributed by atoms with van der Waals surface area (Å²) in [5.41, 5.74) is 1.10. The lowest BCUT2D eigenvalue weighted by molar-refractivity contribution is -0.150. The molecule has 0 spiro atoms. The zero-order chi connectivity index (χ0) is 21.4. The topological polar surface area (TPSA) is 108 Å². The summed E-state index contributed by atoms with van der Waals surface area (Å²) in [6.07, 6.45) is 0. The molecule has 0 saturated carbocycles. The Labute approximate surface area is 167 Å². The number of benzene rings is 2. The quantitative estimate of drug-likeness (QED) is 0.698. The van der Waals surface area contributed by atoms with Crippen LogP contribution < -0.4 is 10.6 Å². The number of rotatable bonds is 7. The molecule has 0 heterocycles. The maximum absolute atomic E-state index is 13.0. The summed E-state index contributed by atoms with van der Waals surface area (Å²) in [6.45, 7) is 2.90. The third-order valence-electron chi connectivity index (χ3n) is 3.96. The molecule has 2 amide bonds. The van der Waals surface area contributed by atoms with Crippen molar-refractivity contribution in [3.05, 3.63) is 65.5 Å². The van der Waals surface area contributed by atoms with Crippen LogP contribution >= 0.6 is 0 Å². The third kappa shape index (κ3) is 6.43. The molecule has 0 aliphatic heterocycles. The molecule has 0 aliphatic carbocycles. The smallest absolute Gasteiger partial charge is 0.329 e. The van der Waals surface area contributed by atoms with E-state index in [9.17, 15) is 18.8 Å². The molecule has 7 nitrogen and oxygen atoms in total. The second-order valence-electron chi connectivity index (χ2n) is 6.55. The SMILES string of the molecule is CC(C)[C@@H](NC(=O)c1ccc(F)cc1)C(=O)OCC(=O)Nc1ccc(C#N)cc1. The molecule has 2 N–H and O–H groups in total. The highest BCUT2D eigenvalue weighted by molar-refractivity contribution is 5.97. The molecule has 2 rings (SSSR count). The minimum Gasteiger partial charge on any atom is -0.454 e. The Morgan fingerprint density at radius 1 is 1.07 bits per heavy atom. The predicted molar refractivity (Wildman–Crippen MR) is 103 cm³/mol. The van der Waals surface area contributed by atoms with Gasteiger partial charge in [-0.2, -0.15) is 5.26 Å². The first-order valence-corrected chi connectivity index (χ1v) is 8.83. The summed E-state index contributed by atoms with van der Waals surface area (Å²) in [5, 5.41) is 13.8. The molecule has 0 aromatic heterocycles. The Balaban J connectivity index is 1.91. The number of nitrogens with zero attached hydrogens (tertiary/aromatic N) is 1. The van der Waals surface area contributed by atoms with Crippen LogP contribution in [0.5, 0.6) is 0 Å². The summed E-state index contributed by atoms with van der Waals surface area (Å²) in [4.78, 5) is 36.6. The van der Waals surface area contributed by atoms with Gasteiger partial charge < -0.3 is 15.4 Å². The maximum Gasteiger partial charge on any atom is 0.329 e. The van der Waals surface area contributed by atoms with E-state index < -0.39 is 36.2 Å². The van der Waals surface area contributed by atoms with Crippen molar-refractivity contribution in [3.8, 4) is 6.07 Å². The number of anilines is 1. The van der Waals surface area contributed by atoms with Crippen LogP contribution in [0.15, 0.2) is 48.5 Å². The lowest BCUT2D eigenvalue weighted by atomic mass is 10.0. The van der Waals surface area contributed by atoms with E-state index in [0.29, 0.717) is 11.3 Å². The van der Waals surface area contributed by atoms with Crippen molar-refractivity contribution in [1.29, 1.82) is 5.26 Å². The number of hydrogen-bond donors (Lipinski definition) is 2. The van der Waals surface area contributed by atoms with E-state index in [1.165, 1.54) is 12.1 Å². The molecule has 29 heavy (non-hydrogen) atoms. The molecule has 0 radical (unpaired) electrons. The van der Waals surface area contributed by atoms with Crippen LogP contribution in [0.2, 0.25) is 0 Å². The summed E-state index contributed by atoms with van der Waals surface area (Å²) >= 11 is 0. The van der Waals surface area contributed by atoms with Gasteiger partial charge in [-0.1, -0.05) is 13.8 Å². The molecule has 2 aromatic carbocycles. The zero-order valence-corrected chi connectivity index (χ0v) is 15.9. The number of carbonyl (C=O) groups is 3. The number of hydrogen-bond acceptors (Lipinski definition) is 5. The third-order valence-corrected chi connectivity index (χ3v) is 3.96. The van der Waals surface area contributed by atoms with Crippen molar-refractivity contribution in [2.24, 2.45) is 5.92 Å². The number of halogens is 1. The first-order chi connectivity index (χ1) is 13.8. The molecule has 8 heteroatoms. The Hall–Kier alpha value is -3.73. The fraction of sp³-hybridized carbons (Fsp3) is 0.238. The van der Waals surface area contributed by atoms with E-state index in [2.05, 4.69) is 10.6 Å². The highest BCUT2D eigenvalue weighted by Crippen LogP contribution is 2.10. The fourth-order valence-electron chi connectivity index (χ4n) is 2.38. The van der Waals surface area contributed by atoms with Gasteiger partial charge >= 0.3 is 5.97 Å². The molecule has 0 bridgehead atoms. The number of amides is 2. The van der Waals surface area contributed by atoms with Gasteiger partial charge in [0, 0.05) is 11.3 Å². The van der Waals surface area contributed by atoms with Crippen LogP contribution in [0.25, 0.3) is 0 Å². The first kappa shape index (κ1) is 21.6. The molecular formula is C21H20FN3O4. The highest BCUT2D eigenvalue weighted by atomic mass is 19.1. The second kappa shape index (κ2) is 9.99. The lowest BCUT2D eigenvalue weighted by Crippen LogP contribution is -2.45. The highest BCUT2D eigenvalue weighted by Gasteiger charge is 2.26. The number of esters is 1. The van der Waals surface area contributed by atoms with Crippen molar-refractivity contribution < 1.29 is 23.5 Å². The predicted octanol–water partition coefficient (Wildman–Crippen LogP) is 2.63. The molecule has 0 aliphatic rings. The monoisotopic (exact) mass is 397 g/mol. The normalized spacial score (nSPS) is 11.3. The van der Waals surface area contributed by atoms with Crippen molar-refractivity contribution in [2.45, 2.75) is 19.9 Å². The van der Waals surface area contributed by atoms with Crippen LogP contribution in [-0.2, 0) is 14.3 Å². The average molecular weight is 397 g/mol. The molecule has 2 aromatic rings. The Morgan fingerprint density at radius 2 is 1.69 bits per heavy atom. The van der Waals surface area contributed by atoms with Crippen molar-refractivity contribution in [2.75, 3.05) is 11.9 Å². The van der Waals surface area contributed by atoms with Gasteiger partial charge in [0.1, 0.15) is 11.9 Å². The first-order valence-electron chi connectivity index (χ1n) is 8.83. The molecular weight excluding hydrogens is 377 g/mol. The molecule has 1 atom stereocenters. The van der Waals surface area contributed by atoms with Gasteiger partial charge in [-0.3, -0.25) is 9.59 Å². The Morgan fingerprint density at radius 3 is 2.24 bits per heavy atom. The molecule has 0 unspecified atom stereocenters. The van der Waals surface area contributed by atoms with Crippen molar-refractivity contribution in [3.63, 3.8) is 0 Å². The van der Waals surface area contributed by atoms with Gasteiger partial charge in [-0.25, -0.2) is 9.18 Å².